The molecule has 2 aromatic heterocycles. The molecule has 0 N–H and O–H groups in total. The van der Waals surface area contributed by atoms with Gasteiger partial charge in [0.2, 0.25) is 0 Å². The third-order valence-corrected chi connectivity index (χ3v) is 3.57. The molecular weight excluding hydrogens is 239 g/mol. The van der Waals surface area contributed by atoms with Crippen LogP contribution < -0.4 is 4.74 Å². The Morgan fingerprint density at radius 2 is 2.29 bits per heavy atom. The van der Waals surface area contributed by atoms with E-state index in [1.807, 2.05) is 36.7 Å². The SMILES string of the molecule is COc1cc2nccn2cc1SC(C)(C)CF. The number of alkyl halides is 1. The van der Waals surface area contributed by atoms with E-state index in [2.05, 4.69) is 4.98 Å². The van der Waals surface area contributed by atoms with Crippen molar-refractivity contribution in [3.8, 4) is 5.75 Å². The maximum absolute atomic E-state index is 12.9. The van der Waals surface area contributed by atoms with Crippen LogP contribution in [0.3, 0.4) is 0 Å². The number of methoxy groups -OCH3 is 1. The van der Waals surface area contributed by atoms with E-state index in [9.17, 15) is 4.39 Å². The van der Waals surface area contributed by atoms with E-state index < -0.39 is 4.75 Å². The minimum atomic E-state index is -0.457. The molecule has 0 unspecified atom stereocenters. The van der Waals surface area contributed by atoms with Crippen LogP contribution in [0.5, 0.6) is 5.75 Å². The van der Waals surface area contributed by atoms with Crippen molar-refractivity contribution < 1.29 is 9.13 Å². The Morgan fingerprint density at radius 1 is 1.53 bits per heavy atom. The lowest BCUT2D eigenvalue weighted by atomic mass is 10.2. The summed E-state index contributed by atoms with van der Waals surface area (Å²) >= 11 is 1.47. The highest BCUT2D eigenvalue weighted by atomic mass is 32.2. The first kappa shape index (κ1) is 12.2. The molecular formula is C12H15FN2OS. The highest BCUT2D eigenvalue weighted by Crippen LogP contribution is 2.38. The first-order valence-corrected chi connectivity index (χ1v) is 6.13. The summed E-state index contributed by atoms with van der Waals surface area (Å²) in [5.41, 5.74) is 0.823. The zero-order valence-electron chi connectivity index (χ0n) is 10.1. The zero-order valence-corrected chi connectivity index (χ0v) is 10.9. The Morgan fingerprint density at radius 3 is 2.94 bits per heavy atom. The summed E-state index contributed by atoms with van der Waals surface area (Å²) in [7, 11) is 1.61. The number of ether oxygens (including phenoxy) is 1. The Labute approximate surface area is 104 Å². The third-order valence-electron chi connectivity index (χ3n) is 2.39. The van der Waals surface area contributed by atoms with E-state index >= 15 is 0 Å². The monoisotopic (exact) mass is 254 g/mol. The van der Waals surface area contributed by atoms with Crippen LogP contribution in [-0.2, 0) is 0 Å². The van der Waals surface area contributed by atoms with Gasteiger partial charge in [-0.25, -0.2) is 9.37 Å². The van der Waals surface area contributed by atoms with Gasteiger partial charge in [0.05, 0.1) is 12.0 Å². The topological polar surface area (TPSA) is 26.5 Å². The maximum Gasteiger partial charge on any atom is 0.140 e. The van der Waals surface area contributed by atoms with Crippen molar-refractivity contribution in [1.82, 2.24) is 9.38 Å². The van der Waals surface area contributed by atoms with Crippen molar-refractivity contribution in [3.63, 3.8) is 0 Å². The first-order valence-electron chi connectivity index (χ1n) is 5.31. The molecule has 0 radical (unpaired) electrons. The van der Waals surface area contributed by atoms with Gasteiger partial charge < -0.3 is 9.14 Å². The van der Waals surface area contributed by atoms with Crippen LogP contribution in [0.2, 0.25) is 0 Å². The van der Waals surface area contributed by atoms with Crippen molar-refractivity contribution in [2.75, 3.05) is 13.8 Å². The second-order valence-electron chi connectivity index (χ2n) is 4.39. The van der Waals surface area contributed by atoms with Crippen molar-refractivity contribution in [2.45, 2.75) is 23.5 Å². The molecule has 0 bridgehead atoms. The van der Waals surface area contributed by atoms with Gasteiger partial charge in [0, 0.05) is 29.4 Å². The molecule has 0 aliphatic heterocycles. The number of aromatic nitrogens is 2. The number of rotatable bonds is 4. The quantitative estimate of drug-likeness (QED) is 0.784. The molecule has 3 nitrogen and oxygen atoms in total. The van der Waals surface area contributed by atoms with Crippen LogP contribution in [0.15, 0.2) is 29.6 Å². The van der Waals surface area contributed by atoms with Crippen LogP contribution >= 0.6 is 11.8 Å². The predicted molar refractivity (Wildman–Crippen MR) is 67.7 cm³/mol. The lowest BCUT2D eigenvalue weighted by molar-refractivity contribution is 0.402. The highest BCUT2D eigenvalue weighted by molar-refractivity contribution is 8.00. The number of imidazole rings is 1. The van der Waals surface area contributed by atoms with E-state index in [0.717, 1.165) is 16.3 Å². The standard InChI is InChI=1S/C12H15FN2OS/c1-12(2,8-13)17-10-7-15-5-4-14-11(15)6-9(10)16-3/h4-7H,8H2,1-3H3. The van der Waals surface area contributed by atoms with Gasteiger partial charge in [-0.05, 0) is 13.8 Å². The Kier molecular flexibility index (Phi) is 3.28. The molecule has 0 atom stereocenters. The van der Waals surface area contributed by atoms with Gasteiger partial charge in [0.15, 0.2) is 0 Å². The molecule has 17 heavy (non-hydrogen) atoms. The van der Waals surface area contributed by atoms with Crippen LogP contribution in [-0.4, -0.2) is 27.9 Å². The summed E-state index contributed by atoms with van der Waals surface area (Å²) in [5.74, 6) is 0.732. The Hall–Kier alpha value is -1.23. The predicted octanol–water partition coefficient (Wildman–Crippen LogP) is 3.18. The molecule has 0 aliphatic rings. The average Bonchev–Trinajstić information content (AvgIpc) is 2.74. The average molecular weight is 254 g/mol. The Balaban J connectivity index is 2.43. The molecule has 0 fully saturated rings. The van der Waals surface area contributed by atoms with E-state index in [0.29, 0.717) is 0 Å². The van der Waals surface area contributed by atoms with Gasteiger partial charge in [0.25, 0.3) is 0 Å². The lowest BCUT2D eigenvalue weighted by Gasteiger charge is -2.21. The normalized spacial score (nSPS) is 12.0. The molecule has 0 saturated carbocycles. The highest BCUT2D eigenvalue weighted by Gasteiger charge is 2.21. The Bertz CT molecular complexity index is 524. The summed E-state index contributed by atoms with van der Waals surface area (Å²) in [6, 6.07) is 1.86. The largest absolute Gasteiger partial charge is 0.495 e. The van der Waals surface area contributed by atoms with Crippen molar-refractivity contribution in [3.05, 3.63) is 24.7 Å². The van der Waals surface area contributed by atoms with Crippen molar-refractivity contribution >= 4 is 17.4 Å². The zero-order chi connectivity index (χ0) is 12.5. The molecule has 2 heterocycles. The molecule has 2 aromatic rings. The van der Waals surface area contributed by atoms with E-state index in [4.69, 9.17) is 4.74 Å². The van der Waals surface area contributed by atoms with Gasteiger partial charge >= 0.3 is 0 Å². The minimum Gasteiger partial charge on any atom is -0.495 e. The summed E-state index contributed by atoms with van der Waals surface area (Å²) in [6.45, 7) is 3.35. The molecule has 2 rings (SSSR count). The number of fused-ring (bicyclic) bond motifs is 1. The molecule has 0 aromatic carbocycles. The smallest absolute Gasteiger partial charge is 0.140 e. The van der Waals surface area contributed by atoms with E-state index in [1.165, 1.54) is 11.8 Å². The molecule has 0 spiro atoms. The van der Waals surface area contributed by atoms with Gasteiger partial charge in [-0.3, -0.25) is 0 Å². The fourth-order valence-corrected chi connectivity index (χ4v) is 2.54. The van der Waals surface area contributed by atoms with Gasteiger partial charge in [-0.1, -0.05) is 0 Å². The van der Waals surface area contributed by atoms with Gasteiger partial charge in [0.1, 0.15) is 18.1 Å². The summed E-state index contributed by atoms with van der Waals surface area (Å²) in [4.78, 5) is 5.10. The van der Waals surface area contributed by atoms with Gasteiger partial charge in [-0.15, -0.1) is 11.8 Å². The molecule has 0 aliphatic carbocycles. The summed E-state index contributed by atoms with van der Waals surface area (Å²) in [6.07, 6.45) is 5.51. The number of nitrogens with zero attached hydrogens (tertiary/aromatic N) is 2. The molecule has 92 valence electrons. The number of hydrogen-bond donors (Lipinski definition) is 0. The number of halogens is 1. The fraction of sp³-hybridized carbons (Fsp3) is 0.417. The fourth-order valence-electron chi connectivity index (χ4n) is 1.48. The molecule has 0 amide bonds. The molecule has 0 saturated heterocycles. The van der Waals surface area contributed by atoms with E-state index in [-0.39, 0.29) is 6.67 Å². The second kappa shape index (κ2) is 4.56. The summed E-state index contributed by atoms with van der Waals surface area (Å²) in [5, 5.41) is 0. The van der Waals surface area contributed by atoms with Crippen LogP contribution in [0, 0.1) is 0 Å². The van der Waals surface area contributed by atoms with E-state index in [1.54, 1.807) is 13.3 Å². The second-order valence-corrected chi connectivity index (χ2v) is 6.14. The number of thioether (sulfide) groups is 1. The molecule has 5 heteroatoms. The van der Waals surface area contributed by atoms with Crippen LogP contribution in [0.1, 0.15) is 13.8 Å². The van der Waals surface area contributed by atoms with Crippen LogP contribution in [0.4, 0.5) is 4.39 Å². The summed E-state index contributed by atoms with van der Waals surface area (Å²) < 4.78 is 19.6. The van der Waals surface area contributed by atoms with Gasteiger partial charge in [-0.2, -0.15) is 0 Å². The first-order chi connectivity index (χ1) is 8.05. The third kappa shape index (κ3) is 2.54. The van der Waals surface area contributed by atoms with Crippen molar-refractivity contribution in [2.24, 2.45) is 0 Å². The number of hydrogen-bond acceptors (Lipinski definition) is 3. The minimum absolute atomic E-state index is 0.386. The van der Waals surface area contributed by atoms with Crippen LogP contribution in [0.25, 0.3) is 5.65 Å². The van der Waals surface area contributed by atoms with Crippen molar-refractivity contribution in [1.29, 1.82) is 0 Å². The maximum atomic E-state index is 12.9. The lowest BCUT2D eigenvalue weighted by Crippen LogP contribution is -2.17. The number of pyridine rings is 1.